The van der Waals surface area contributed by atoms with E-state index < -0.39 is 0 Å². The Morgan fingerprint density at radius 2 is 2.44 bits per heavy atom. The highest BCUT2D eigenvalue weighted by Gasteiger charge is 2.10. The lowest BCUT2D eigenvalue weighted by atomic mass is 10.0. The average Bonchev–Trinajstić information content (AvgIpc) is 2.67. The van der Waals surface area contributed by atoms with E-state index >= 15 is 0 Å². The van der Waals surface area contributed by atoms with Crippen LogP contribution in [0.1, 0.15) is 38.3 Å². The summed E-state index contributed by atoms with van der Waals surface area (Å²) in [7, 11) is 1.48. The molecule has 0 aromatic carbocycles. The van der Waals surface area contributed by atoms with Crippen LogP contribution in [0, 0.1) is 0 Å². The highest BCUT2D eigenvalue weighted by atomic mass is 16.5. The van der Waals surface area contributed by atoms with Crippen molar-refractivity contribution in [2.75, 3.05) is 19.0 Å². The van der Waals surface area contributed by atoms with Gasteiger partial charge in [0.25, 0.3) is 5.91 Å². The number of H-pyrrole nitrogens is 1. The van der Waals surface area contributed by atoms with E-state index in [0.717, 1.165) is 18.5 Å². The summed E-state index contributed by atoms with van der Waals surface area (Å²) in [6, 6.07) is 1.87. The average molecular weight is 225 g/mol. The zero-order chi connectivity index (χ0) is 12.0. The van der Waals surface area contributed by atoms with Gasteiger partial charge in [0.2, 0.25) is 0 Å². The fraction of sp³-hybridized carbons (Fsp3) is 0.636. The molecule has 1 heterocycles. The van der Waals surface area contributed by atoms with Gasteiger partial charge in [-0.3, -0.25) is 9.89 Å². The molecule has 0 aliphatic carbocycles. The van der Waals surface area contributed by atoms with E-state index in [1.807, 2.05) is 6.07 Å². The molecular formula is C11H19N3O2. The minimum atomic E-state index is -0.191. The van der Waals surface area contributed by atoms with Crippen LogP contribution in [0.3, 0.4) is 0 Å². The molecule has 5 heteroatoms. The van der Waals surface area contributed by atoms with Crippen LogP contribution in [0.5, 0.6) is 0 Å². The lowest BCUT2D eigenvalue weighted by Crippen LogP contribution is -2.17. The Hall–Kier alpha value is -1.36. The number of amides is 1. The molecule has 16 heavy (non-hydrogen) atoms. The molecule has 1 aromatic heterocycles. The lowest BCUT2D eigenvalue weighted by molar-refractivity contribution is -0.119. The summed E-state index contributed by atoms with van der Waals surface area (Å²) >= 11 is 0. The number of nitrogens with one attached hydrogen (secondary N) is 2. The third-order valence-corrected chi connectivity index (χ3v) is 2.39. The molecule has 0 spiro atoms. The van der Waals surface area contributed by atoms with Crippen molar-refractivity contribution in [1.82, 2.24) is 10.2 Å². The van der Waals surface area contributed by atoms with E-state index in [4.69, 9.17) is 4.74 Å². The van der Waals surface area contributed by atoms with Crippen LogP contribution >= 0.6 is 0 Å². The molecule has 90 valence electrons. The maximum absolute atomic E-state index is 11.2. The first-order chi connectivity index (χ1) is 7.67. The van der Waals surface area contributed by atoms with Crippen molar-refractivity contribution < 1.29 is 9.53 Å². The van der Waals surface area contributed by atoms with Gasteiger partial charge in [-0.15, -0.1) is 0 Å². The van der Waals surface area contributed by atoms with Crippen molar-refractivity contribution in [3.05, 3.63) is 11.8 Å². The number of nitrogens with zero attached hydrogens (tertiary/aromatic N) is 1. The molecule has 1 atom stereocenters. The van der Waals surface area contributed by atoms with Gasteiger partial charge in [0.15, 0.2) is 5.82 Å². The van der Waals surface area contributed by atoms with Crippen molar-refractivity contribution in [3.8, 4) is 0 Å². The minimum Gasteiger partial charge on any atom is -0.375 e. The standard InChI is InChI=1S/C11H19N3O2/c1-4-5-8(2)9-6-10(14-13-9)12-11(15)7-16-3/h6,8H,4-5,7H2,1-3H3,(H2,12,13,14,15)/t8-/m0/s1. The maximum Gasteiger partial charge on any atom is 0.251 e. The lowest BCUT2D eigenvalue weighted by Gasteiger charge is -2.05. The molecule has 0 saturated heterocycles. The van der Waals surface area contributed by atoms with E-state index in [-0.39, 0.29) is 12.5 Å². The van der Waals surface area contributed by atoms with E-state index in [9.17, 15) is 4.79 Å². The van der Waals surface area contributed by atoms with Gasteiger partial charge in [-0.25, -0.2) is 0 Å². The molecule has 0 radical (unpaired) electrons. The largest absolute Gasteiger partial charge is 0.375 e. The SMILES string of the molecule is CCC[C@H](C)c1cc(NC(=O)COC)n[nH]1. The number of carbonyl (C=O) groups excluding carboxylic acids is 1. The summed E-state index contributed by atoms with van der Waals surface area (Å²) in [5, 5.41) is 9.62. The van der Waals surface area contributed by atoms with Crippen LogP contribution in [0.15, 0.2) is 6.07 Å². The molecule has 2 N–H and O–H groups in total. The fourth-order valence-electron chi connectivity index (χ4n) is 1.55. The Balaban J connectivity index is 2.54. The molecule has 1 amide bonds. The number of aromatic amines is 1. The van der Waals surface area contributed by atoms with Gasteiger partial charge in [0.05, 0.1) is 0 Å². The van der Waals surface area contributed by atoms with Crippen LogP contribution < -0.4 is 5.32 Å². The number of hydrogen-bond acceptors (Lipinski definition) is 3. The van der Waals surface area contributed by atoms with Gasteiger partial charge >= 0.3 is 0 Å². The quantitative estimate of drug-likeness (QED) is 0.777. The number of aromatic nitrogens is 2. The number of methoxy groups -OCH3 is 1. The monoisotopic (exact) mass is 225 g/mol. The molecule has 5 nitrogen and oxygen atoms in total. The maximum atomic E-state index is 11.2. The second kappa shape index (κ2) is 6.27. The molecule has 1 rings (SSSR count). The summed E-state index contributed by atoms with van der Waals surface area (Å²) in [4.78, 5) is 11.2. The summed E-state index contributed by atoms with van der Waals surface area (Å²) < 4.78 is 4.72. The van der Waals surface area contributed by atoms with Crippen LogP contribution in [0.25, 0.3) is 0 Å². The van der Waals surface area contributed by atoms with Crippen molar-refractivity contribution in [3.63, 3.8) is 0 Å². The van der Waals surface area contributed by atoms with E-state index in [2.05, 4.69) is 29.4 Å². The minimum absolute atomic E-state index is 0.0483. The summed E-state index contributed by atoms with van der Waals surface area (Å²) in [6.07, 6.45) is 2.24. The fourth-order valence-corrected chi connectivity index (χ4v) is 1.55. The Bertz CT molecular complexity index is 336. The number of anilines is 1. The van der Waals surface area contributed by atoms with Crippen molar-refractivity contribution in [1.29, 1.82) is 0 Å². The molecule has 0 unspecified atom stereocenters. The number of rotatable bonds is 6. The third-order valence-electron chi connectivity index (χ3n) is 2.39. The van der Waals surface area contributed by atoms with Crippen LogP contribution in [0.2, 0.25) is 0 Å². The highest BCUT2D eigenvalue weighted by Crippen LogP contribution is 2.20. The topological polar surface area (TPSA) is 67.0 Å². The second-order valence-corrected chi connectivity index (χ2v) is 3.88. The molecule has 1 aromatic rings. The molecule has 0 saturated carbocycles. The van der Waals surface area contributed by atoms with E-state index in [1.54, 1.807) is 0 Å². The smallest absolute Gasteiger partial charge is 0.251 e. The van der Waals surface area contributed by atoms with Gasteiger partial charge in [-0.2, -0.15) is 5.10 Å². The van der Waals surface area contributed by atoms with Crippen LogP contribution in [-0.2, 0) is 9.53 Å². The zero-order valence-corrected chi connectivity index (χ0v) is 10.0. The van der Waals surface area contributed by atoms with Gasteiger partial charge < -0.3 is 10.1 Å². The number of hydrogen-bond donors (Lipinski definition) is 2. The predicted octanol–water partition coefficient (Wildman–Crippen LogP) is 1.90. The van der Waals surface area contributed by atoms with Crippen molar-refractivity contribution in [2.24, 2.45) is 0 Å². The molecule has 0 aliphatic heterocycles. The predicted molar refractivity (Wildman–Crippen MR) is 62.4 cm³/mol. The Morgan fingerprint density at radius 1 is 1.69 bits per heavy atom. The Morgan fingerprint density at radius 3 is 3.06 bits per heavy atom. The van der Waals surface area contributed by atoms with Crippen molar-refractivity contribution in [2.45, 2.75) is 32.6 Å². The van der Waals surface area contributed by atoms with Gasteiger partial charge in [-0.05, 0) is 12.3 Å². The highest BCUT2D eigenvalue weighted by molar-refractivity contribution is 5.90. The molecular weight excluding hydrogens is 206 g/mol. The summed E-state index contributed by atoms with van der Waals surface area (Å²) in [5.41, 5.74) is 1.05. The first-order valence-corrected chi connectivity index (χ1v) is 5.51. The third kappa shape index (κ3) is 3.66. The first-order valence-electron chi connectivity index (χ1n) is 5.51. The van der Waals surface area contributed by atoms with Crippen LogP contribution in [-0.4, -0.2) is 29.8 Å². The summed E-state index contributed by atoms with van der Waals surface area (Å²) in [6.45, 7) is 4.33. The van der Waals surface area contributed by atoms with E-state index in [0.29, 0.717) is 11.7 Å². The Labute approximate surface area is 95.6 Å². The van der Waals surface area contributed by atoms with E-state index in [1.165, 1.54) is 7.11 Å². The van der Waals surface area contributed by atoms with Crippen molar-refractivity contribution >= 4 is 11.7 Å². The number of ether oxygens (including phenoxy) is 1. The normalized spacial score (nSPS) is 12.4. The van der Waals surface area contributed by atoms with Gasteiger partial charge in [0, 0.05) is 18.9 Å². The molecule has 0 fully saturated rings. The number of carbonyl (C=O) groups is 1. The van der Waals surface area contributed by atoms with Gasteiger partial charge in [0.1, 0.15) is 6.61 Å². The first kappa shape index (κ1) is 12.7. The van der Waals surface area contributed by atoms with Crippen LogP contribution in [0.4, 0.5) is 5.82 Å². The second-order valence-electron chi connectivity index (χ2n) is 3.88. The van der Waals surface area contributed by atoms with Gasteiger partial charge in [-0.1, -0.05) is 20.3 Å². The zero-order valence-electron chi connectivity index (χ0n) is 10.0. The summed E-state index contributed by atoms with van der Waals surface area (Å²) in [5.74, 6) is 0.800. The molecule has 0 aliphatic rings. The Kier molecular flexibility index (Phi) is 4.98. The molecule has 0 bridgehead atoms.